The summed E-state index contributed by atoms with van der Waals surface area (Å²) in [5.74, 6) is -1.06. The maximum absolute atomic E-state index is 10.8. The first-order chi connectivity index (χ1) is 9.15. The standard InChI is InChI=1S/C10H10N6O2S/c11-7-3-5(9(17)18)4-12-8(7)19-10-13-14-15-16(10)6-1-2-6/h3-4,6H,1-2,11H2,(H,17,18). The second-order valence-corrected chi connectivity index (χ2v) is 5.12. The van der Waals surface area contributed by atoms with Gasteiger partial charge in [-0.1, -0.05) is 0 Å². The molecule has 0 atom stereocenters. The number of nitrogens with two attached hydrogens (primary N) is 1. The van der Waals surface area contributed by atoms with E-state index in [4.69, 9.17) is 10.8 Å². The maximum Gasteiger partial charge on any atom is 0.337 e. The molecule has 1 aliphatic rings. The highest BCUT2D eigenvalue weighted by molar-refractivity contribution is 7.99. The predicted molar refractivity (Wildman–Crippen MR) is 65.8 cm³/mol. The van der Waals surface area contributed by atoms with Gasteiger partial charge in [-0.25, -0.2) is 14.5 Å². The lowest BCUT2D eigenvalue weighted by Crippen LogP contribution is -2.02. The van der Waals surface area contributed by atoms with Crippen molar-refractivity contribution in [2.75, 3.05) is 5.73 Å². The van der Waals surface area contributed by atoms with Gasteiger partial charge in [0.15, 0.2) is 0 Å². The molecule has 3 rings (SSSR count). The lowest BCUT2D eigenvalue weighted by Gasteiger charge is -2.05. The minimum Gasteiger partial charge on any atom is -0.478 e. The summed E-state index contributed by atoms with van der Waals surface area (Å²) in [6.45, 7) is 0. The van der Waals surface area contributed by atoms with E-state index in [9.17, 15) is 4.79 Å². The molecule has 0 amide bonds. The van der Waals surface area contributed by atoms with E-state index < -0.39 is 5.97 Å². The number of nitrogens with zero attached hydrogens (tertiary/aromatic N) is 5. The van der Waals surface area contributed by atoms with Crippen molar-refractivity contribution in [1.29, 1.82) is 0 Å². The van der Waals surface area contributed by atoms with Gasteiger partial charge in [-0.2, -0.15) is 0 Å². The first-order valence-electron chi connectivity index (χ1n) is 5.59. The normalized spacial score (nSPS) is 14.5. The average molecular weight is 278 g/mol. The summed E-state index contributed by atoms with van der Waals surface area (Å²) in [4.78, 5) is 14.8. The smallest absolute Gasteiger partial charge is 0.337 e. The van der Waals surface area contributed by atoms with Gasteiger partial charge in [-0.15, -0.1) is 5.10 Å². The van der Waals surface area contributed by atoms with Crippen LogP contribution in [0.1, 0.15) is 29.2 Å². The Hall–Kier alpha value is -2.16. The fraction of sp³-hybridized carbons (Fsp3) is 0.300. The van der Waals surface area contributed by atoms with Gasteiger partial charge >= 0.3 is 5.97 Å². The first kappa shape index (κ1) is 11.9. The van der Waals surface area contributed by atoms with Crippen molar-refractivity contribution in [3.05, 3.63) is 17.8 Å². The van der Waals surface area contributed by atoms with E-state index in [2.05, 4.69) is 20.5 Å². The van der Waals surface area contributed by atoms with E-state index in [0.717, 1.165) is 12.8 Å². The van der Waals surface area contributed by atoms with Crippen molar-refractivity contribution in [2.45, 2.75) is 29.1 Å². The summed E-state index contributed by atoms with van der Waals surface area (Å²) in [6.07, 6.45) is 3.41. The van der Waals surface area contributed by atoms with E-state index in [1.165, 1.54) is 24.0 Å². The molecular formula is C10H10N6O2S. The number of anilines is 1. The van der Waals surface area contributed by atoms with Crippen LogP contribution >= 0.6 is 11.8 Å². The molecule has 3 N–H and O–H groups in total. The molecule has 0 saturated heterocycles. The van der Waals surface area contributed by atoms with E-state index in [1.807, 2.05) is 0 Å². The number of pyridine rings is 1. The molecule has 1 saturated carbocycles. The molecule has 19 heavy (non-hydrogen) atoms. The van der Waals surface area contributed by atoms with E-state index >= 15 is 0 Å². The van der Waals surface area contributed by atoms with Gasteiger partial charge in [0.25, 0.3) is 0 Å². The van der Waals surface area contributed by atoms with E-state index in [1.54, 1.807) is 4.68 Å². The molecule has 0 spiro atoms. The molecule has 0 aliphatic heterocycles. The van der Waals surface area contributed by atoms with Crippen LogP contribution in [-0.2, 0) is 0 Å². The zero-order chi connectivity index (χ0) is 13.4. The van der Waals surface area contributed by atoms with Crippen LogP contribution in [0.25, 0.3) is 0 Å². The third-order valence-electron chi connectivity index (χ3n) is 2.67. The summed E-state index contributed by atoms with van der Waals surface area (Å²) >= 11 is 1.23. The number of tetrazole rings is 1. The minimum atomic E-state index is -1.06. The summed E-state index contributed by atoms with van der Waals surface area (Å²) in [7, 11) is 0. The van der Waals surface area contributed by atoms with Crippen molar-refractivity contribution < 1.29 is 9.90 Å². The Morgan fingerprint density at radius 2 is 2.32 bits per heavy atom. The predicted octanol–water partition coefficient (Wildman–Crippen LogP) is 0.835. The highest BCUT2D eigenvalue weighted by Gasteiger charge is 2.28. The Balaban J connectivity index is 1.86. The molecule has 2 aromatic rings. The number of aromatic nitrogens is 5. The van der Waals surface area contributed by atoms with Crippen molar-refractivity contribution >= 4 is 23.4 Å². The van der Waals surface area contributed by atoms with Crippen molar-refractivity contribution in [3.8, 4) is 0 Å². The van der Waals surface area contributed by atoms with Crippen LogP contribution in [0.15, 0.2) is 22.4 Å². The minimum absolute atomic E-state index is 0.0589. The molecule has 0 aromatic carbocycles. The fourth-order valence-corrected chi connectivity index (χ4v) is 2.37. The van der Waals surface area contributed by atoms with Gasteiger partial charge in [-0.3, -0.25) is 0 Å². The second kappa shape index (κ2) is 4.50. The zero-order valence-electron chi connectivity index (χ0n) is 9.72. The Morgan fingerprint density at radius 1 is 1.53 bits per heavy atom. The van der Waals surface area contributed by atoms with Gasteiger partial charge in [0.2, 0.25) is 5.16 Å². The molecule has 1 aliphatic carbocycles. The first-order valence-corrected chi connectivity index (χ1v) is 6.41. The number of aromatic carboxylic acids is 1. The molecule has 1 fully saturated rings. The van der Waals surface area contributed by atoms with Gasteiger partial charge < -0.3 is 10.8 Å². The lowest BCUT2D eigenvalue weighted by atomic mass is 10.3. The third-order valence-corrected chi connectivity index (χ3v) is 3.65. The van der Waals surface area contributed by atoms with Crippen LogP contribution in [0.4, 0.5) is 5.69 Å². The molecule has 0 bridgehead atoms. The van der Waals surface area contributed by atoms with Crippen LogP contribution in [0, 0.1) is 0 Å². The maximum atomic E-state index is 10.8. The molecular weight excluding hydrogens is 268 g/mol. The molecule has 2 heterocycles. The van der Waals surface area contributed by atoms with Crippen LogP contribution in [0.2, 0.25) is 0 Å². The van der Waals surface area contributed by atoms with Crippen molar-refractivity contribution in [2.24, 2.45) is 0 Å². The van der Waals surface area contributed by atoms with Crippen LogP contribution in [-0.4, -0.2) is 36.3 Å². The number of nitrogen functional groups attached to an aromatic ring is 1. The van der Waals surface area contributed by atoms with Gasteiger partial charge in [0.05, 0.1) is 17.3 Å². The quantitative estimate of drug-likeness (QED) is 0.843. The van der Waals surface area contributed by atoms with Gasteiger partial charge in [-0.05, 0) is 41.1 Å². The molecule has 8 nitrogen and oxygen atoms in total. The van der Waals surface area contributed by atoms with Gasteiger partial charge in [0, 0.05) is 6.20 Å². The molecule has 2 aromatic heterocycles. The number of carboxylic acids is 1. The topological polar surface area (TPSA) is 120 Å². The third kappa shape index (κ3) is 2.36. The Kier molecular flexibility index (Phi) is 2.82. The SMILES string of the molecule is Nc1cc(C(=O)O)cnc1Sc1nnnn1C1CC1. The molecule has 0 radical (unpaired) electrons. The Bertz CT molecular complexity index is 639. The number of rotatable bonds is 4. The van der Waals surface area contributed by atoms with Crippen molar-refractivity contribution in [3.63, 3.8) is 0 Å². The molecule has 0 unspecified atom stereocenters. The molecule has 98 valence electrons. The lowest BCUT2D eigenvalue weighted by molar-refractivity contribution is 0.0696. The number of hydrogen-bond acceptors (Lipinski definition) is 7. The van der Waals surface area contributed by atoms with Gasteiger partial charge in [0.1, 0.15) is 5.03 Å². The number of carbonyl (C=O) groups is 1. The monoisotopic (exact) mass is 278 g/mol. The number of carboxylic acid groups (broad SMARTS) is 1. The number of hydrogen-bond donors (Lipinski definition) is 2. The molecule has 9 heteroatoms. The van der Waals surface area contributed by atoms with E-state index in [0.29, 0.717) is 21.9 Å². The largest absolute Gasteiger partial charge is 0.478 e. The Labute approximate surface area is 112 Å². The highest BCUT2D eigenvalue weighted by atomic mass is 32.2. The van der Waals surface area contributed by atoms with Crippen LogP contribution in [0.3, 0.4) is 0 Å². The Morgan fingerprint density at radius 3 is 2.95 bits per heavy atom. The summed E-state index contributed by atoms with van der Waals surface area (Å²) in [5.41, 5.74) is 6.15. The van der Waals surface area contributed by atoms with Crippen molar-refractivity contribution in [1.82, 2.24) is 25.2 Å². The van der Waals surface area contributed by atoms with Crippen LogP contribution in [0.5, 0.6) is 0 Å². The highest BCUT2D eigenvalue weighted by Crippen LogP contribution is 2.38. The van der Waals surface area contributed by atoms with Crippen LogP contribution < -0.4 is 5.73 Å². The zero-order valence-corrected chi connectivity index (χ0v) is 10.5. The summed E-state index contributed by atoms with van der Waals surface area (Å²) < 4.78 is 1.75. The summed E-state index contributed by atoms with van der Waals surface area (Å²) in [5, 5.41) is 21.4. The second-order valence-electron chi connectivity index (χ2n) is 4.16. The van der Waals surface area contributed by atoms with E-state index in [-0.39, 0.29) is 5.56 Å². The average Bonchev–Trinajstić information content (AvgIpc) is 3.12. The fourth-order valence-electron chi connectivity index (χ4n) is 1.56. The summed E-state index contributed by atoms with van der Waals surface area (Å²) in [6, 6.07) is 1.74.